The predicted molar refractivity (Wildman–Crippen MR) is 111 cm³/mol. The summed E-state index contributed by atoms with van der Waals surface area (Å²) in [4.78, 5) is 39.5. The third-order valence-corrected chi connectivity index (χ3v) is 5.28. The van der Waals surface area contributed by atoms with Gasteiger partial charge in [0.15, 0.2) is 4.80 Å². The van der Waals surface area contributed by atoms with Crippen LogP contribution in [0.1, 0.15) is 27.6 Å². The van der Waals surface area contributed by atoms with Gasteiger partial charge in [0.05, 0.1) is 33.9 Å². The number of hydrogen-bond donors (Lipinski definition) is 0. The van der Waals surface area contributed by atoms with Crippen LogP contribution in [-0.2, 0) is 16.0 Å². The summed E-state index contributed by atoms with van der Waals surface area (Å²) in [5.41, 5.74) is 1.36. The maximum absolute atomic E-state index is 12.6. The molecule has 0 aliphatic rings. The number of fused-ring (bicyclic) bond motifs is 1. The van der Waals surface area contributed by atoms with Crippen molar-refractivity contribution in [3.05, 3.63) is 68.5 Å². The van der Waals surface area contributed by atoms with Gasteiger partial charge in [0.25, 0.3) is 11.6 Å². The van der Waals surface area contributed by atoms with Crippen LogP contribution in [0.2, 0.25) is 0 Å². The molecule has 3 aromatic rings. The summed E-state index contributed by atoms with van der Waals surface area (Å²) >= 11 is 1.26. The molecule has 1 aromatic heterocycles. The first-order valence-corrected chi connectivity index (χ1v) is 9.89. The number of hydrogen-bond acceptors (Lipinski definition) is 7. The smallest absolute Gasteiger partial charge is 0.338 e. The third kappa shape index (κ3) is 4.61. The molecule has 1 amide bonds. The van der Waals surface area contributed by atoms with Crippen LogP contribution in [0.15, 0.2) is 47.5 Å². The highest BCUT2D eigenvalue weighted by Gasteiger charge is 2.14. The minimum Gasteiger partial charge on any atom is -0.462 e. The number of carbonyl (C=O) groups excluding carboxylic acids is 2. The summed E-state index contributed by atoms with van der Waals surface area (Å²) in [5.74, 6) is -0.940. The highest BCUT2D eigenvalue weighted by molar-refractivity contribution is 7.16. The van der Waals surface area contributed by atoms with Gasteiger partial charge >= 0.3 is 5.97 Å². The molecule has 0 unspecified atom stereocenters. The maximum atomic E-state index is 12.6. The van der Waals surface area contributed by atoms with Gasteiger partial charge in [-0.1, -0.05) is 11.3 Å². The highest BCUT2D eigenvalue weighted by atomic mass is 32.1. The van der Waals surface area contributed by atoms with Crippen molar-refractivity contribution >= 4 is 39.1 Å². The molecule has 10 heteroatoms. The zero-order chi connectivity index (χ0) is 21.7. The first kappa shape index (κ1) is 21.3. The van der Waals surface area contributed by atoms with Gasteiger partial charge in [0.2, 0.25) is 0 Å². The van der Waals surface area contributed by atoms with Gasteiger partial charge < -0.3 is 14.0 Å². The fourth-order valence-corrected chi connectivity index (χ4v) is 3.87. The van der Waals surface area contributed by atoms with E-state index in [1.54, 1.807) is 32.2 Å². The number of rotatable bonds is 7. The molecule has 0 bridgehead atoms. The Morgan fingerprint density at radius 1 is 1.17 bits per heavy atom. The van der Waals surface area contributed by atoms with Crippen LogP contribution in [0.25, 0.3) is 10.2 Å². The van der Waals surface area contributed by atoms with E-state index in [0.717, 1.165) is 10.2 Å². The van der Waals surface area contributed by atoms with E-state index < -0.39 is 16.8 Å². The molecule has 0 fully saturated rings. The summed E-state index contributed by atoms with van der Waals surface area (Å²) < 4.78 is 12.8. The molecule has 0 saturated heterocycles. The van der Waals surface area contributed by atoms with E-state index >= 15 is 0 Å². The van der Waals surface area contributed by atoms with Crippen molar-refractivity contribution < 1.29 is 24.0 Å². The molecule has 0 aliphatic heterocycles. The Morgan fingerprint density at radius 2 is 1.87 bits per heavy atom. The zero-order valence-corrected chi connectivity index (χ0v) is 17.2. The van der Waals surface area contributed by atoms with E-state index in [1.807, 2.05) is 4.57 Å². The lowest BCUT2D eigenvalue weighted by Gasteiger charge is -2.05. The number of aromatic nitrogens is 1. The summed E-state index contributed by atoms with van der Waals surface area (Å²) in [6, 6.07) is 10.4. The maximum Gasteiger partial charge on any atom is 0.338 e. The summed E-state index contributed by atoms with van der Waals surface area (Å²) in [6.07, 6.45) is 0. The van der Waals surface area contributed by atoms with E-state index in [9.17, 15) is 19.7 Å². The normalized spacial score (nSPS) is 11.6. The Balaban J connectivity index is 2.04. The average molecular weight is 429 g/mol. The molecule has 156 valence electrons. The van der Waals surface area contributed by atoms with Crippen LogP contribution in [0.3, 0.4) is 0 Å². The number of nitrogens with zero attached hydrogens (tertiary/aromatic N) is 3. The first-order valence-electron chi connectivity index (χ1n) is 9.07. The third-order valence-electron chi connectivity index (χ3n) is 4.24. The number of benzene rings is 2. The number of ether oxygens (including phenoxy) is 2. The van der Waals surface area contributed by atoms with Crippen molar-refractivity contribution in [1.82, 2.24) is 4.57 Å². The molecule has 0 saturated carbocycles. The van der Waals surface area contributed by atoms with E-state index in [-0.39, 0.29) is 17.9 Å². The van der Waals surface area contributed by atoms with Gasteiger partial charge in [-0.3, -0.25) is 14.9 Å². The zero-order valence-electron chi connectivity index (χ0n) is 16.4. The lowest BCUT2D eigenvalue weighted by molar-refractivity contribution is -0.384. The van der Waals surface area contributed by atoms with Crippen LogP contribution >= 0.6 is 11.3 Å². The van der Waals surface area contributed by atoms with Gasteiger partial charge in [-0.15, -0.1) is 0 Å². The number of nitro groups is 1. The molecule has 0 spiro atoms. The van der Waals surface area contributed by atoms with E-state index in [4.69, 9.17) is 9.47 Å². The van der Waals surface area contributed by atoms with Crippen molar-refractivity contribution in [2.45, 2.75) is 13.5 Å². The van der Waals surface area contributed by atoms with Gasteiger partial charge in [-0.25, -0.2) is 4.79 Å². The van der Waals surface area contributed by atoms with E-state index in [0.29, 0.717) is 23.5 Å². The SMILES string of the molecule is CCOC(=O)c1ccc2c(c1)sc(=NC(=O)c1ccc([N+](=O)[O-])cc1)n2CCOC. The van der Waals surface area contributed by atoms with Crippen molar-refractivity contribution in [3.8, 4) is 0 Å². The monoisotopic (exact) mass is 429 g/mol. The van der Waals surface area contributed by atoms with Crippen LogP contribution in [0.5, 0.6) is 0 Å². The van der Waals surface area contributed by atoms with E-state index in [2.05, 4.69) is 4.99 Å². The molecule has 1 heterocycles. The number of amides is 1. The fourth-order valence-electron chi connectivity index (χ4n) is 2.78. The largest absolute Gasteiger partial charge is 0.462 e. The molecule has 0 aliphatic carbocycles. The summed E-state index contributed by atoms with van der Waals surface area (Å²) in [7, 11) is 1.58. The molecule has 0 radical (unpaired) electrons. The van der Waals surface area contributed by atoms with E-state index in [1.165, 1.54) is 35.6 Å². The Kier molecular flexibility index (Phi) is 6.70. The fraction of sp³-hybridized carbons (Fsp3) is 0.250. The second-order valence-electron chi connectivity index (χ2n) is 6.15. The standard InChI is InChI=1S/C20H19N3O6S/c1-3-29-19(25)14-6-9-16-17(12-14)30-20(22(16)10-11-28-2)21-18(24)13-4-7-15(8-5-13)23(26)27/h4-9,12H,3,10-11H2,1-2H3. The number of non-ortho nitro benzene ring substituents is 1. The van der Waals surface area contributed by atoms with Crippen LogP contribution in [0, 0.1) is 10.1 Å². The topological polar surface area (TPSA) is 113 Å². The van der Waals surface area contributed by atoms with Gasteiger partial charge in [0.1, 0.15) is 0 Å². The van der Waals surface area contributed by atoms with Gasteiger partial charge in [-0.2, -0.15) is 4.99 Å². The first-order chi connectivity index (χ1) is 14.4. The summed E-state index contributed by atoms with van der Waals surface area (Å²) in [6.45, 7) is 2.88. The lowest BCUT2D eigenvalue weighted by Crippen LogP contribution is -2.19. The molecule has 9 nitrogen and oxygen atoms in total. The molecular weight excluding hydrogens is 410 g/mol. The number of nitro benzene ring substituents is 1. The molecule has 0 atom stereocenters. The molecule has 3 rings (SSSR count). The van der Waals surface area contributed by atoms with Crippen LogP contribution < -0.4 is 4.80 Å². The summed E-state index contributed by atoms with van der Waals surface area (Å²) in [5, 5.41) is 10.8. The average Bonchev–Trinajstić information content (AvgIpc) is 3.08. The van der Waals surface area contributed by atoms with Crippen molar-refractivity contribution in [3.63, 3.8) is 0 Å². The second-order valence-corrected chi connectivity index (χ2v) is 7.16. The number of methoxy groups -OCH3 is 1. The van der Waals surface area contributed by atoms with Crippen molar-refractivity contribution in [2.75, 3.05) is 20.3 Å². The Labute approximate surface area is 175 Å². The van der Waals surface area contributed by atoms with Crippen molar-refractivity contribution in [1.29, 1.82) is 0 Å². The Hall–Kier alpha value is -3.37. The Morgan fingerprint density at radius 3 is 2.50 bits per heavy atom. The van der Waals surface area contributed by atoms with Gasteiger partial charge in [-0.05, 0) is 37.3 Å². The van der Waals surface area contributed by atoms with Crippen LogP contribution in [-0.4, -0.2) is 41.7 Å². The van der Waals surface area contributed by atoms with Crippen molar-refractivity contribution in [2.24, 2.45) is 4.99 Å². The van der Waals surface area contributed by atoms with Gasteiger partial charge in [0, 0.05) is 31.4 Å². The second kappa shape index (κ2) is 9.42. The Bertz CT molecular complexity index is 1160. The van der Waals surface area contributed by atoms with Crippen LogP contribution in [0.4, 0.5) is 5.69 Å². The molecule has 30 heavy (non-hydrogen) atoms. The quantitative estimate of drug-likeness (QED) is 0.324. The number of carbonyl (C=O) groups is 2. The number of esters is 1. The molecular formula is C20H19N3O6S. The highest BCUT2D eigenvalue weighted by Crippen LogP contribution is 2.20. The molecule has 2 aromatic carbocycles. The minimum atomic E-state index is -0.531. The predicted octanol–water partition coefficient (Wildman–Crippen LogP) is 3.18. The number of thiazole rings is 1. The molecule has 0 N–H and O–H groups in total. The minimum absolute atomic E-state index is 0.102. The lowest BCUT2D eigenvalue weighted by atomic mass is 10.2.